The number of hydrogen-bond acceptors (Lipinski definition) is 3. The molecule has 2 heterocycles. The SMILES string of the molecule is O=C(O)[C@@H]1C[C@H]1CCC12CCC(c3cccc(Oc4cc(F)cc(F)c4)c3)(CC1)OC2. The van der Waals surface area contributed by atoms with E-state index in [1.54, 1.807) is 6.07 Å². The molecule has 2 aliphatic heterocycles. The second kappa shape index (κ2) is 7.59. The lowest BCUT2D eigenvalue weighted by atomic mass is 9.62. The van der Waals surface area contributed by atoms with Crippen molar-refractivity contribution in [1.29, 1.82) is 0 Å². The first-order valence-electron chi connectivity index (χ1n) is 11.0. The van der Waals surface area contributed by atoms with Gasteiger partial charge in [-0.2, -0.15) is 0 Å². The Labute approximate surface area is 180 Å². The van der Waals surface area contributed by atoms with Crippen LogP contribution in [0.25, 0.3) is 0 Å². The number of aliphatic carboxylic acids is 1. The van der Waals surface area contributed by atoms with Crippen LogP contribution in [0, 0.1) is 28.9 Å². The average molecular weight is 428 g/mol. The highest BCUT2D eigenvalue weighted by Crippen LogP contribution is 2.57. The van der Waals surface area contributed by atoms with Gasteiger partial charge < -0.3 is 14.6 Å². The van der Waals surface area contributed by atoms with E-state index >= 15 is 0 Å². The molecule has 2 aromatic carbocycles. The van der Waals surface area contributed by atoms with Crippen molar-refractivity contribution in [3.8, 4) is 11.5 Å². The second-order valence-electron chi connectivity index (χ2n) is 9.50. The molecule has 4 fully saturated rings. The number of fused-ring (bicyclic) bond motifs is 3. The molecule has 0 amide bonds. The van der Waals surface area contributed by atoms with Crippen LogP contribution < -0.4 is 4.74 Å². The van der Waals surface area contributed by atoms with E-state index < -0.39 is 17.6 Å². The summed E-state index contributed by atoms with van der Waals surface area (Å²) in [6, 6.07) is 10.7. The molecule has 2 saturated heterocycles. The molecule has 0 radical (unpaired) electrons. The van der Waals surface area contributed by atoms with Gasteiger partial charge in [-0.25, -0.2) is 8.78 Å². The monoisotopic (exact) mass is 428 g/mol. The largest absolute Gasteiger partial charge is 0.481 e. The first-order valence-corrected chi connectivity index (χ1v) is 11.0. The number of rotatable bonds is 7. The summed E-state index contributed by atoms with van der Waals surface area (Å²) in [7, 11) is 0. The lowest BCUT2D eigenvalue weighted by Crippen LogP contribution is -2.49. The molecule has 4 aliphatic rings. The smallest absolute Gasteiger partial charge is 0.306 e. The van der Waals surface area contributed by atoms with Crippen LogP contribution in [-0.4, -0.2) is 17.7 Å². The minimum Gasteiger partial charge on any atom is -0.481 e. The highest BCUT2D eigenvalue weighted by atomic mass is 19.1. The van der Waals surface area contributed by atoms with Crippen LogP contribution in [0.4, 0.5) is 8.78 Å². The number of carboxylic acid groups (broad SMARTS) is 1. The molecular formula is C25H26F2O4. The van der Waals surface area contributed by atoms with E-state index in [9.17, 15) is 13.6 Å². The van der Waals surface area contributed by atoms with Crippen LogP contribution in [0.3, 0.4) is 0 Å². The maximum Gasteiger partial charge on any atom is 0.306 e. The molecule has 6 heteroatoms. The Morgan fingerprint density at radius 1 is 1.06 bits per heavy atom. The summed E-state index contributed by atoms with van der Waals surface area (Å²) < 4.78 is 39.1. The molecule has 0 aromatic heterocycles. The van der Waals surface area contributed by atoms with E-state index in [4.69, 9.17) is 14.6 Å². The lowest BCUT2D eigenvalue weighted by molar-refractivity contribution is -0.192. The third-order valence-corrected chi connectivity index (χ3v) is 7.49. The van der Waals surface area contributed by atoms with Gasteiger partial charge >= 0.3 is 5.97 Å². The summed E-state index contributed by atoms with van der Waals surface area (Å²) >= 11 is 0. The maximum absolute atomic E-state index is 13.5. The van der Waals surface area contributed by atoms with Crippen LogP contribution in [0.1, 0.15) is 50.5 Å². The van der Waals surface area contributed by atoms with Gasteiger partial charge in [-0.1, -0.05) is 12.1 Å². The van der Waals surface area contributed by atoms with Gasteiger partial charge in [0.15, 0.2) is 0 Å². The Balaban J connectivity index is 1.25. The van der Waals surface area contributed by atoms with Crippen molar-refractivity contribution in [2.75, 3.05) is 6.61 Å². The van der Waals surface area contributed by atoms with E-state index in [2.05, 4.69) is 0 Å². The van der Waals surface area contributed by atoms with Gasteiger partial charge in [0.2, 0.25) is 0 Å². The van der Waals surface area contributed by atoms with E-state index in [1.165, 1.54) is 0 Å². The van der Waals surface area contributed by atoms with Gasteiger partial charge in [0.25, 0.3) is 0 Å². The molecule has 2 aromatic rings. The number of hydrogen-bond donors (Lipinski definition) is 1. The van der Waals surface area contributed by atoms with Gasteiger partial charge in [0.1, 0.15) is 23.1 Å². The van der Waals surface area contributed by atoms with Gasteiger partial charge in [0.05, 0.1) is 18.1 Å². The van der Waals surface area contributed by atoms with Crippen LogP contribution in [-0.2, 0) is 15.1 Å². The molecule has 0 unspecified atom stereocenters. The summed E-state index contributed by atoms with van der Waals surface area (Å²) in [5, 5.41) is 9.12. The highest BCUT2D eigenvalue weighted by molar-refractivity contribution is 5.73. The van der Waals surface area contributed by atoms with Gasteiger partial charge in [-0.15, -0.1) is 0 Å². The third-order valence-electron chi connectivity index (χ3n) is 7.49. The minimum atomic E-state index is -0.676. The lowest BCUT2D eigenvalue weighted by Gasteiger charge is -2.53. The first-order chi connectivity index (χ1) is 14.9. The Hall–Kier alpha value is -2.47. The van der Waals surface area contributed by atoms with Crippen LogP contribution in [0.15, 0.2) is 42.5 Å². The maximum atomic E-state index is 13.5. The van der Waals surface area contributed by atoms with E-state index in [1.807, 2.05) is 18.2 Å². The van der Waals surface area contributed by atoms with E-state index in [0.717, 1.165) is 68.7 Å². The summed E-state index contributed by atoms with van der Waals surface area (Å²) in [6.45, 7) is 0.692. The first kappa shape index (κ1) is 20.4. The van der Waals surface area contributed by atoms with Crippen molar-refractivity contribution in [3.05, 3.63) is 59.7 Å². The zero-order valence-electron chi connectivity index (χ0n) is 17.3. The number of benzene rings is 2. The van der Waals surface area contributed by atoms with Crippen molar-refractivity contribution in [3.63, 3.8) is 0 Å². The molecule has 31 heavy (non-hydrogen) atoms. The van der Waals surface area contributed by atoms with Crippen LogP contribution in [0.2, 0.25) is 0 Å². The van der Waals surface area contributed by atoms with Crippen LogP contribution in [0.5, 0.6) is 11.5 Å². The fourth-order valence-corrected chi connectivity index (χ4v) is 5.39. The number of carbonyl (C=O) groups is 1. The molecule has 164 valence electrons. The van der Waals surface area contributed by atoms with Crippen molar-refractivity contribution in [2.45, 2.75) is 50.5 Å². The van der Waals surface area contributed by atoms with Crippen molar-refractivity contribution in [2.24, 2.45) is 17.3 Å². The number of ether oxygens (including phenoxy) is 2. The molecule has 4 nitrogen and oxygen atoms in total. The zero-order valence-corrected chi connectivity index (χ0v) is 17.3. The number of halogens is 2. The van der Waals surface area contributed by atoms with Crippen molar-refractivity contribution in [1.82, 2.24) is 0 Å². The Kier molecular flexibility index (Phi) is 5.00. The van der Waals surface area contributed by atoms with Gasteiger partial charge in [0, 0.05) is 18.2 Å². The molecule has 0 spiro atoms. The predicted molar refractivity (Wildman–Crippen MR) is 110 cm³/mol. The Bertz CT molecular complexity index is 960. The van der Waals surface area contributed by atoms with E-state index in [0.29, 0.717) is 18.3 Å². The highest BCUT2D eigenvalue weighted by Gasteiger charge is 2.52. The molecular weight excluding hydrogens is 402 g/mol. The molecule has 1 N–H and O–H groups in total. The molecule has 6 rings (SSSR count). The Morgan fingerprint density at radius 2 is 1.81 bits per heavy atom. The molecule has 2 aliphatic carbocycles. The quantitative estimate of drug-likeness (QED) is 0.584. The summed E-state index contributed by atoms with van der Waals surface area (Å²) in [5.74, 6) is -1.17. The zero-order chi connectivity index (χ0) is 21.6. The Morgan fingerprint density at radius 3 is 2.42 bits per heavy atom. The second-order valence-corrected chi connectivity index (χ2v) is 9.50. The molecule has 2 atom stereocenters. The number of carboxylic acids is 1. The topological polar surface area (TPSA) is 55.8 Å². The van der Waals surface area contributed by atoms with E-state index in [-0.39, 0.29) is 22.7 Å². The fraction of sp³-hybridized carbons (Fsp3) is 0.480. The minimum absolute atomic E-state index is 0.124. The molecule has 2 bridgehead atoms. The van der Waals surface area contributed by atoms with Crippen LogP contribution >= 0.6 is 0 Å². The standard InChI is InChI=1S/C25H26F2O4/c26-18-12-19(27)14-21(13-18)31-20-3-1-2-17(11-20)25-8-6-24(7-9-25,15-30-25)5-4-16-10-22(16)23(28)29/h1-3,11-14,16,22H,4-10,15H2,(H,28,29)/t16-,22-,24?,25?/m1/s1. The summed E-state index contributed by atoms with van der Waals surface area (Å²) in [5.41, 5.74) is 0.848. The third kappa shape index (κ3) is 4.05. The van der Waals surface area contributed by atoms with Gasteiger partial charge in [-0.05, 0) is 74.0 Å². The van der Waals surface area contributed by atoms with Gasteiger partial charge in [-0.3, -0.25) is 4.79 Å². The summed E-state index contributed by atoms with van der Waals surface area (Å²) in [6.07, 6.45) is 6.79. The van der Waals surface area contributed by atoms with Crippen molar-refractivity contribution >= 4 is 5.97 Å². The normalized spacial score (nSPS) is 31.4. The fourth-order valence-electron chi connectivity index (χ4n) is 5.39. The average Bonchev–Trinajstić information content (AvgIpc) is 3.54. The molecule has 2 saturated carbocycles. The summed E-state index contributed by atoms with van der Waals surface area (Å²) in [4.78, 5) is 11.1. The predicted octanol–water partition coefficient (Wildman–Crippen LogP) is 6.04. The van der Waals surface area contributed by atoms with Crippen molar-refractivity contribution < 1.29 is 28.2 Å².